The van der Waals surface area contributed by atoms with Crippen molar-refractivity contribution >= 4 is 17.7 Å². The van der Waals surface area contributed by atoms with E-state index in [1.807, 2.05) is 60.7 Å². The number of carbonyl (C=O) groups excluding carboxylic acids is 1. The van der Waals surface area contributed by atoms with E-state index in [9.17, 15) is 4.79 Å². The number of thioether (sulfide) groups is 1. The van der Waals surface area contributed by atoms with E-state index in [0.29, 0.717) is 17.3 Å². The molecule has 0 fully saturated rings. The van der Waals surface area contributed by atoms with E-state index in [4.69, 9.17) is 9.47 Å². The molecular formula is C20H17N3O3S. The van der Waals surface area contributed by atoms with Gasteiger partial charge in [0.25, 0.3) is 0 Å². The third-order valence-corrected chi connectivity index (χ3v) is 4.91. The van der Waals surface area contributed by atoms with E-state index in [1.165, 1.54) is 11.8 Å². The van der Waals surface area contributed by atoms with Crippen molar-refractivity contribution in [1.82, 2.24) is 15.5 Å². The van der Waals surface area contributed by atoms with Crippen LogP contribution in [0.3, 0.4) is 0 Å². The molecule has 136 valence electrons. The van der Waals surface area contributed by atoms with Crippen molar-refractivity contribution in [2.75, 3.05) is 12.5 Å². The molecule has 2 aromatic carbocycles. The molecular weight excluding hydrogens is 362 g/mol. The summed E-state index contributed by atoms with van der Waals surface area (Å²) >= 11 is 1.36. The van der Waals surface area contributed by atoms with Gasteiger partial charge < -0.3 is 14.8 Å². The van der Waals surface area contributed by atoms with Crippen LogP contribution in [0.1, 0.15) is 5.56 Å². The largest absolute Gasteiger partial charge is 0.454 e. The molecule has 0 saturated heterocycles. The molecule has 6 nitrogen and oxygen atoms in total. The topological polar surface area (TPSA) is 73.3 Å². The maximum atomic E-state index is 12.1. The Morgan fingerprint density at radius 1 is 1.00 bits per heavy atom. The van der Waals surface area contributed by atoms with Gasteiger partial charge in [-0.05, 0) is 29.8 Å². The zero-order valence-electron chi connectivity index (χ0n) is 14.4. The SMILES string of the molecule is O=C(CSc1ccc(-c2ccccc2)nn1)NCc1ccc2c(c1)OCO2. The van der Waals surface area contributed by atoms with E-state index in [2.05, 4.69) is 15.5 Å². The maximum Gasteiger partial charge on any atom is 0.231 e. The molecule has 1 N–H and O–H groups in total. The number of benzene rings is 2. The number of hydrogen-bond acceptors (Lipinski definition) is 6. The van der Waals surface area contributed by atoms with Gasteiger partial charge in [0.1, 0.15) is 5.03 Å². The molecule has 1 aliphatic heterocycles. The molecule has 0 radical (unpaired) electrons. The van der Waals surface area contributed by atoms with Crippen molar-refractivity contribution in [2.24, 2.45) is 0 Å². The Balaban J connectivity index is 1.26. The molecule has 0 aliphatic carbocycles. The van der Waals surface area contributed by atoms with Gasteiger partial charge >= 0.3 is 0 Å². The van der Waals surface area contributed by atoms with Crippen LogP contribution in [-0.2, 0) is 11.3 Å². The molecule has 1 amide bonds. The highest BCUT2D eigenvalue weighted by Crippen LogP contribution is 2.32. The highest BCUT2D eigenvalue weighted by atomic mass is 32.2. The summed E-state index contributed by atoms with van der Waals surface area (Å²) in [5, 5.41) is 12.0. The molecule has 1 aromatic heterocycles. The average molecular weight is 379 g/mol. The Hall–Kier alpha value is -3.06. The molecule has 2 heterocycles. The van der Waals surface area contributed by atoms with Crippen LogP contribution in [0.5, 0.6) is 11.5 Å². The van der Waals surface area contributed by atoms with E-state index in [1.54, 1.807) is 0 Å². The van der Waals surface area contributed by atoms with Crippen LogP contribution in [0.2, 0.25) is 0 Å². The zero-order valence-corrected chi connectivity index (χ0v) is 15.2. The lowest BCUT2D eigenvalue weighted by molar-refractivity contribution is -0.118. The highest BCUT2D eigenvalue weighted by molar-refractivity contribution is 7.99. The van der Waals surface area contributed by atoms with Crippen LogP contribution in [0, 0.1) is 0 Å². The summed E-state index contributed by atoms with van der Waals surface area (Å²) in [6.07, 6.45) is 0. The summed E-state index contributed by atoms with van der Waals surface area (Å²) in [4.78, 5) is 12.1. The van der Waals surface area contributed by atoms with E-state index in [0.717, 1.165) is 22.6 Å². The quantitative estimate of drug-likeness (QED) is 0.663. The molecule has 0 bridgehead atoms. The average Bonchev–Trinajstić information content (AvgIpc) is 3.19. The second-order valence-electron chi connectivity index (χ2n) is 5.88. The van der Waals surface area contributed by atoms with E-state index < -0.39 is 0 Å². The fraction of sp³-hybridized carbons (Fsp3) is 0.150. The number of amides is 1. The minimum atomic E-state index is -0.0633. The lowest BCUT2D eigenvalue weighted by Gasteiger charge is -2.06. The van der Waals surface area contributed by atoms with Gasteiger partial charge in [0.2, 0.25) is 12.7 Å². The Morgan fingerprint density at radius 3 is 2.67 bits per heavy atom. The second-order valence-corrected chi connectivity index (χ2v) is 6.87. The molecule has 0 saturated carbocycles. The van der Waals surface area contributed by atoms with Crippen LogP contribution in [-0.4, -0.2) is 28.7 Å². The van der Waals surface area contributed by atoms with Gasteiger partial charge in [-0.25, -0.2) is 0 Å². The first-order valence-corrected chi connectivity index (χ1v) is 9.44. The number of rotatable bonds is 6. The summed E-state index contributed by atoms with van der Waals surface area (Å²) in [6, 6.07) is 19.3. The Kier molecular flexibility index (Phi) is 5.20. The fourth-order valence-electron chi connectivity index (χ4n) is 2.60. The van der Waals surface area contributed by atoms with Gasteiger partial charge in [-0.3, -0.25) is 4.79 Å². The fourth-order valence-corrected chi connectivity index (χ4v) is 3.25. The molecule has 0 unspecified atom stereocenters. The summed E-state index contributed by atoms with van der Waals surface area (Å²) in [5.41, 5.74) is 2.79. The number of aromatic nitrogens is 2. The van der Waals surface area contributed by atoms with Gasteiger partial charge in [0, 0.05) is 12.1 Å². The van der Waals surface area contributed by atoms with Crippen LogP contribution < -0.4 is 14.8 Å². The number of nitrogens with zero attached hydrogens (tertiary/aromatic N) is 2. The van der Waals surface area contributed by atoms with Gasteiger partial charge in [-0.2, -0.15) is 0 Å². The van der Waals surface area contributed by atoms with Crippen LogP contribution in [0.15, 0.2) is 65.7 Å². The number of carbonyl (C=O) groups is 1. The normalized spacial score (nSPS) is 12.0. The van der Waals surface area contributed by atoms with Gasteiger partial charge in [0.05, 0.1) is 11.4 Å². The third kappa shape index (κ3) is 4.38. The van der Waals surface area contributed by atoms with Gasteiger partial charge in [-0.15, -0.1) is 10.2 Å². The molecule has 0 spiro atoms. The van der Waals surface area contributed by atoms with Gasteiger partial charge in [0.15, 0.2) is 11.5 Å². The monoisotopic (exact) mass is 379 g/mol. The van der Waals surface area contributed by atoms with Gasteiger partial charge in [-0.1, -0.05) is 48.2 Å². The Morgan fingerprint density at radius 2 is 1.85 bits per heavy atom. The summed E-state index contributed by atoms with van der Waals surface area (Å²) in [6.45, 7) is 0.681. The van der Waals surface area contributed by atoms with E-state index in [-0.39, 0.29) is 18.5 Å². The summed E-state index contributed by atoms with van der Waals surface area (Å²) < 4.78 is 10.6. The Labute approximate surface area is 160 Å². The number of nitrogens with one attached hydrogen (secondary N) is 1. The lowest BCUT2D eigenvalue weighted by atomic mass is 10.1. The minimum absolute atomic E-state index is 0.0633. The zero-order chi connectivity index (χ0) is 18.5. The predicted molar refractivity (Wildman–Crippen MR) is 103 cm³/mol. The Bertz CT molecular complexity index is 933. The third-order valence-electron chi connectivity index (χ3n) is 3.99. The smallest absolute Gasteiger partial charge is 0.231 e. The van der Waals surface area contributed by atoms with Crippen molar-refractivity contribution in [3.8, 4) is 22.8 Å². The summed E-state index contributed by atoms with van der Waals surface area (Å²) in [7, 11) is 0. The molecule has 27 heavy (non-hydrogen) atoms. The highest BCUT2D eigenvalue weighted by Gasteiger charge is 2.13. The first-order valence-electron chi connectivity index (χ1n) is 8.45. The lowest BCUT2D eigenvalue weighted by Crippen LogP contribution is -2.24. The van der Waals surface area contributed by atoms with Crippen molar-refractivity contribution in [1.29, 1.82) is 0 Å². The first kappa shape index (κ1) is 17.4. The second kappa shape index (κ2) is 8.09. The molecule has 7 heteroatoms. The predicted octanol–water partition coefficient (Wildman–Crippen LogP) is 3.28. The van der Waals surface area contributed by atoms with E-state index >= 15 is 0 Å². The first-order chi connectivity index (χ1) is 13.3. The van der Waals surface area contributed by atoms with Crippen molar-refractivity contribution in [3.63, 3.8) is 0 Å². The van der Waals surface area contributed by atoms with Crippen molar-refractivity contribution < 1.29 is 14.3 Å². The molecule has 3 aromatic rings. The van der Waals surface area contributed by atoms with Crippen LogP contribution >= 0.6 is 11.8 Å². The number of ether oxygens (including phenoxy) is 2. The number of hydrogen-bond donors (Lipinski definition) is 1. The maximum absolute atomic E-state index is 12.1. The van der Waals surface area contributed by atoms with Crippen LogP contribution in [0.4, 0.5) is 0 Å². The molecule has 4 rings (SSSR count). The van der Waals surface area contributed by atoms with Crippen molar-refractivity contribution in [2.45, 2.75) is 11.6 Å². The minimum Gasteiger partial charge on any atom is -0.454 e. The molecule has 0 atom stereocenters. The molecule has 1 aliphatic rings. The standard InChI is InChI=1S/C20H17N3O3S/c24-19(21-11-14-6-8-17-18(10-14)26-13-25-17)12-27-20-9-7-16(22-23-20)15-4-2-1-3-5-15/h1-10H,11-13H2,(H,21,24). The summed E-state index contributed by atoms with van der Waals surface area (Å²) in [5.74, 6) is 1.67. The number of fused-ring (bicyclic) bond motifs is 1. The van der Waals surface area contributed by atoms with Crippen molar-refractivity contribution in [3.05, 3.63) is 66.2 Å². The van der Waals surface area contributed by atoms with Crippen LogP contribution in [0.25, 0.3) is 11.3 Å².